The van der Waals surface area contributed by atoms with E-state index >= 15 is 0 Å². The second-order valence-corrected chi connectivity index (χ2v) is 3.84. The van der Waals surface area contributed by atoms with Crippen LogP contribution >= 0.6 is 0 Å². The normalized spacial score (nSPS) is 14.2. The highest BCUT2D eigenvalue weighted by Gasteiger charge is 2.12. The van der Waals surface area contributed by atoms with Gasteiger partial charge in [-0.1, -0.05) is 12.0 Å². The van der Waals surface area contributed by atoms with Crippen molar-refractivity contribution in [3.63, 3.8) is 0 Å². The summed E-state index contributed by atoms with van der Waals surface area (Å²) in [6, 6.07) is 5.20. The van der Waals surface area contributed by atoms with Gasteiger partial charge in [0.25, 0.3) is 0 Å². The molecule has 0 saturated carbocycles. The zero-order valence-electron chi connectivity index (χ0n) is 9.97. The van der Waals surface area contributed by atoms with E-state index in [1.807, 2.05) is 18.2 Å². The molecule has 1 aliphatic heterocycles. The van der Waals surface area contributed by atoms with Crippen LogP contribution in [0.25, 0.3) is 6.08 Å². The summed E-state index contributed by atoms with van der Waals surface area (Å²) in [5.41, 5.74) is 0.864. The highest BCUT2D eigenvalue weighted by Crippen LogP contribution is 2.32. The van der Waals surface area contributed by atoms with Crippen LogP contribution in [0.15, 0.2) is 24.3 Å². The first kappa shape index (κ1) is 12.1. The largest absolute Gasteiger partial charge is 0.454 e. The molecule has 2 rings (SSSR count). The summed E-state index contributed by atoms with van der Waals surface area (Å²) in [6.45, 7) is 1.98. The van der Waals surface area contributed by atoms with E-state index in [0.717, 1.165) is 11.3 Å². The van der Waals surface area contributed by atoms with Crippen LogP contribution in [0.1, 0.15) is 12.5 Å². The van der Waals surface area contributed by atoms with Gasteiger partial charge in [-0.05, 0) is 30.7 Å². The molecule has 1 aromatic rings. The topological polar surface area (TPSA) is 47.6 Å². The molecule has 1 aliphatic rings. The average molecular weight is 243 g/mol. The first-order chi connectivity index (χ1) is 8.69. The van der Waals surface area contributed by atoms with E-state index in [9.17, 15) is 4.79 Å². The van der Waals surface area contributed by atoms with Gasteiger partial charge in [0.1, 0.15) is 0 Å². The molecule has 1 aromatic carbocycles. The molecule has 92 valence electrons. The number of nitrogens with one attached hydrogen (secondary N) is 1. The summed E-state index contributed by atoms with van der Waals surface area (Å²) in [5, 5.41) is 2.63. The molecule has 1 N–H and O–H groups in total. The lowest BCUT2D eigenvalue weighted by atomic mass is 10.2. The van der Waals surface area contributed by atoms with E-state index in [4.69, 9.17) is 15.9 Å². The maximum atomic E-state index is 11.5. The molecule has 0 bridgehead atoms. The van der Waals surface area contributed by atoms with Gasteiger partial charge in [-0.2, -0.15) is 0 Å². The molecule has 0 saturated heterocycles. The van der Waals surface area contributed by atoms with Gasteiger partial charge in [0.05, 0.1) is 6.04 Å². The van der Waals surface area contributed by atoms with Gasteiger partial charge in [0.15, 0.2) is 11.5 Å². The highest BCUT2D eigenvalue weighted by atomic mass is 16.7. The Kier molecular flexibility index (Phi) is 3.54. The number of benzene rings is 1. The van der Waals surface area contributed by atoms with Crippen molar-refractivity contribution in [1.29, 1.82) is 0 Å². The van der Waals surface area contributed by atoms with Crippen LogP contribution in [0.2, 0.25) is 0 Å². The van der Waals surface area contributed by atoms with E-state index in [1.165, 1.54) is 6.08 Å². The number of carbonyl (C=O) groups is 1. The van der Waals surface area contributed by atoms with Crippen molar-refractivity contribution in [1.82, 2.24) is 5.32 Å². The Morgan fingerprint density at radius 2 is 2.28 bits per heavy atom. The van der Waals surface area contributed by atoms with Gasteiger partial charge in [-0.15, -0.1) is 6.42 Å². The van der Waals surface area contributed by atoms with Gasteiger partial charge in [-0.25, -0.2) is 0 Å². The molecule has 4 nitrogen and oxygen atoms in total. The molecule has 0 aromatic heterocycles. The smallest absolute Gasteiger partial charge is 0.244 e. The number of fused-ring (bicyclic) bond motifs is 1. The highest BCUT2D eigenvalue weighted by molar-refractivity contribution is 5.92. The predicted molar refractivity (Wildman–Crippen MR) is 68.0 cm³/mol. The number of amides is 1. The van der Waals surface area contributed by atoms with Crippen molar-refractivity contribution < 1.29 is 14.3 Å². The third-order valence-electron chi connectivity index (χ3n) is 2.43. The molecular formula is C14H13NO3. The summed E-state index contributed by atoms with van der Waals surface area (Å²) < 4.78 is 10.4. The second-order valence-electron chi connectivity index (χ2n) is 3.84. The predicted octanol–water partition coefficient (Wildman–Crippen LogP) is 1.57. The number of hydrogen-bond acceptors (Lipinski definition) is 3. The van der Waals surface area contributed by atoms with Crippen molar-refractivity contribution in [3.8, 4) is 23.8 Å². The first-order valence-corrected chi connectivity index (χ1v) is 5.53. The van der Waals surface area contributed by atoms with Gasteiger partial charge in [0.2, 0.25) is 12.7 Å². The molecule has 0 radical (unpaired) electrons. The number of ether oxygens (including phenoxy) is 2. The molecule has 0 aliphatic carbocycles. The SMILES string of the molecule is C#CC(C)NC(=O)/C=C/c1ccc2c(c1)OCO2. The lowest BCUT2D eigenvalue weighted by molar-refractivity contribution is -0.116. The van der Waals surface area contributed by atoms with Crippen molar-refractivity contribution in [2.45, 2.75) is 13.0 Å². The Morgan fingerprint density at radius 3 is 3.06 bits per heavy atom. The van der Waals surface area contributed by atoms with E-state index in [-0.39, 0.29) is 18.7 Å². The molecule has 0 spiro atoms. The summed E-state index contributed by atoms with van der Waals surface area (Å²) in [5.74, 6) is 3.61. The third kappa shape index (κ3) is 2.83. The summed E-state index contributed by atoms with van der Waals surface area (Å²) in [6.07, 6.45) is 8.30. The molecule has 18 heavy (non-hydrogen) atoms. The Hall–Kier alpha value is -2.41. The average Bonchev–Trinajstić information content (AvgIpc) is 2.83. The Labute approximate surface area is 106 Å². The second kappa shape index (κ2) is 5.28. The van der Waals surface area contributed by atoms with Gasteiger partial charge >= 0.3 is 0 Å². The first-order valence-electron chi connectivity index (χ1n) is 5.53. The molecule has 1 heterocycles. The maximum Gasteiger partial charge on any atom is 0.244 e. The van der Waals surface area contributed by atoms with E-state index in [1.54, 1.807) is 13.0 Å². The van der Waals surface area contributed by atoms with Gasteiger partial charge in [0, 0.05) is 6.08 Å². The van der Waals surface area contributed by atoms with E-state index in [2.05, 4.69) is 11.2 Å². The van der Waals surface area contributed by atoms with E-state index < -0.39 is 0 Å². The van der Waals surface area contributed by atoms with E-state index in [0.29, 0.717) is 5.75 Å². The fourth-order valence-corrected chi connectivity index (χ4v) is 1.49. The van der Waals surface area contributed by atoms with Crippen LogP contribution in [-0.4, -0.2) is 18.7 Å². The molecule has 4 heteroatoms. The Morgan fingerprint density at radius 1 is 1.50 bits per heavy atom. The minimum atomic E-state index is -0.279. The Balaban J connectivity index is 2.01. The van der Waals surface area contributed by atoms with Crippen molar-refractivity contribution in [2.75, 3.05) is 6.79 Å². The van der Waals surface area contributed by atoms with Crippen molar-refractivity contribution >= 4 is 12.0 Å². The van der Waals surface area contributed by atoms with Crippen LogP contribution in [0.4, 0.5) is 0 Å². The molecule has 0 fully saturated rings. The zero-order valence-corrected chi connectivity index (χ0v) is 9.97. The van der Waals surface area contributed by atoms with Gasteiger partial charge < -0.3 is 14.8 Å². The summed E-state index contributed by atoms with van der Waals surface area (Å²) >= 11 is 0. The number of hydrogen-bond donors (Lipinski definition) is 1. The van der Waals surface area contributed by atoms with Crippen LogP contribution < -0.4 is 14.8 Å². The monoisotopic (exact) mass is 243 g/mol. The third-order valence-corrected chi connectivity index (χ3v) is 2.43. The molecule has 1 amide bonds. The zero-order chi connectivity index (χ0) is 13.0. The lowest BCUT2D eigenvalue weighted by Crippen LogP contribution is -2.29. The molecular weight excluding hydrogens is 230 g/mol. The van der Waals surface area contributed by atoms with Crippen molar-refractivity contribution in [3.05, 3.63) is 29.8 Å². The molecule has 1 unspecified atom stereocenters. The quantitative estimate of drug-likeness (QED) is 0.647. The van der Waals surface area contributed by atoms with Gasteiger partial charge in [-0.3, -0.25) is 4.79 Å². The fraction of sp³-hybridized carbons (Fsp3) is 0.214. The standard InChI is InChI=1S/C14H13NO3/c1-3-10(2)15-14(16)7-5-11-4-6-12-13(8-11)18-9-17-12/h1,4-8,10H,9H2,2H3,(H,15,16)/b7-5+. The van der Waals surface area contributed by atoms with Crippen LogP contribution in [0.5, 0.6) is 11.5 Å². The minimum Gasteiger partial charge on any atom is -0.454 e. The minimum absolute atomic E-state index is 0.224. The van der Waals surface area contributed by atoms with Crippen LogP contribution in [-0.2, 0) is 4.79 Å². The molecule has 1 atom stereocenters. The Bertz CT molecular complexity index is 528. The summed E-state index contributed by atoms with van der Waals surface area (Å²) in [4.78, 5) is 11.5. The fourth-order valence-electron chi connectivity index (χ4n) is 1.49. The number of carbonyl (C=O) groups excluding carboxylic acids is 1. The van der Waals surface area contributed by atoms with Crippen molar-refractivity contribution in [2.24, 2.45) is 0 Å². The van der Waals surface area contributed by atoms with Crippen LogP contribution in [0.3, 0.4) is 0 Å². The lowest BCUT2D eigenvalue weighted by Gasteiger charge is -2.03. The number of rotatable bonds is 3. The maximum absolute atomic E-state index is 11.5. The summed E-state index contributed by atoms with van der Waals surface area (Å²) in [7, 11) is 0. The van der Waals surface area contributed by atoms with Crippen LogP contribution in [0, 0.1) is 12.3 Å². The number of terminal acetylenes is 1.